The zero-order chi connectivity index (χ0) is 15.6. The minimum absolute atomic E-state index is 0.128. The van der Waals surface area contributed by atoms with Gasteiger partial charge in [0, 0.05) is 12.8 Å². The van der Waals surface area contributed by atoms with Crippen LogP contribution < -0.4 is 0 Å². The number of hydrogen-bond donors (Lipinski definition) is 0. The molecule has 0 aliphatic carbocycles. The number of allylic oxidation sites excluding steroid dienone is 2. The average molecular weight is 282 g/mol. The predicted octanol–water partition coefficient (Wildman–Crippen LogP) is 4.35. The molecule has 0 unspecified atom stereocenters. The van der Waals surface area contributed by atoms with Gasteiger partial charge in [0.05, 0.1) is 0 Å². The number of carbonyl (C=O) groups is 1. The second kappa shape index (κ2) is 6.18. The van der Waals surface area contributed by atoms with E-state index in [1.165, 1.54) is 0 Å². The largest absolute Gasteiger partial charge is 0.465 e. The van der Waals surface area contributed by atoms with Crippen molar-refractivity contribution >= 4 is 5.78 Å². The molecule has 0 amide bonds. The Morgan fingerprint density at radius 1 is 1.33 bits per heavy atom. The maximum Gasteiger partial charge on any atom is 0.220 e. The Morgan fingerprint density at radius 3 is 2.67 bits per heavy atom. The molecule has 1 aliphatic heterocycles. The topological polar surface area (TPSA) is 30.2 Å². The molecule has 0 saturated heterocycles. The Hall–Kier alpha value is -2.01. The summed E-state index contributed by atoms with van der Waals surface area (Å²) in [5.41, 5.74) is 2.99. The van der Waals surface area contributed by atoms with E-state index in [9.17, 15) is 4.79 Å². The fraction of sp³-hybridized carbons (Fsp3) is 0.421. The van der Waals surface area contributed by atoms with Crippen LogP contribution in [0.1, 0.15) is 49.7 Å². The monoisotopic (exact) mass is 282 g/mol. The van der Waals surface area contributed by atoms with Crippen molar-refractivity contribution in [3.8, 4) is 11.8 Å². The van der Waals surface area contributed by atoms with Crippen LogP contribution in [0, 0.1) is 24.7 Å². The van der Waals surface area contributed by atoms with Gasteiger partial charge >= 0.3 is 0 Å². The Kier molecular flexibility index (Phi) is 4.53. The molecule has 0 saturated carbocycles. The van der Waals surface area contributed by atoms with Crippen molar-refractivity contribution in [2.75, 3.05) is 0 Å². The Morgan fingerprint density at radius 2 is 2.05 bits per heavy atom. The molecular formula is C19H22O2. The van der Waals surface area contributed by atoms with Crippen molar-refractivity contribution in [2.45, 2.75) is 46.0 Å². The van der Waals surface area contributed by atoms with E-state index in [1.54, 1.807) is 0 Å². The van der Waals surface area contributed by atoms with Gasteiger partial charge in [-0.3, -0.25) is 4.79 Å². The molecule has 0 N–H and O–H groups in total. The fourth-order valence-corrected chi connectivity index (χ4v) is 2.70. The Labute approximate surface area is 126 Å². The summed E-state index contributed by atoms with van der Waals surface area (Å²) in [6.45, 7) is 13.9. The van der Waals surface area contributed by atoms with Gasteiger partial charge in [0.2, 0.25) is 5.78 Å². The minimum atomic E-state index is -0.452. The molecule has 2 bridgehead atoms. The van der Waals surface area contributed by atoms with Crippen molar-refractivity contribution in [1.82, 2.24) is 0 Å². The first-order chi connectivity index (χ1) is 9.90. The first-order valence-electron chi connectivity index (χ1n) is 7.33. The molecule has 21 heavy (non-hydrogen) atoms. The van der Waals surface area contributed by atoms with Crippen LogP contribution in [-0.4, -0.2) is 5.78 Å². The van der Waals surface area contributed by atoms with Crippen molar-refractivity contribution < 1.29 is 9.21 Å². The summed E-state index contributed by atoms with van der Waals surface area (Å²) in [7, 11) is 0. The van der Waals surface area contributed by atoms with Gasteiger partial charge in [-0.25, -0.2) is 0 Å². The maximum absolute atomic E-state index is 12.3. The number of fused-ring (bicyclic) bond motifs is 2. The first kappa shape index (κ1) is 15.4. The van der Waals surface area contributed by atoms with Crippen LogP contribution in [0.2, 0.25) is 0 Å². The summed E-state index contributed by atoms with van der Waals surface area (Å²) in [5.74, 6) is 7.11. The number of furan rings is 1. The number of hydrogen-bond acceptors (Lipinski definition) is 2. The van der Waals surface area contributed by atoms with Crippen LogP contribution >= 0.6 is 0 Å². The zero-order valence-corrected chi connectivity index (χ0v) is 13.1. The van der Waals surface area contributed by atoms with Crippen LogP contribution in [0.4, 0.5) is 0 Å². The van der Waals surface area contributed by atoms with Crippen LogP contribution in [-0.2, 0) is 11.2 Å². The van der Waals surface area contributed by atoms with Crippen LogP contribution in [0.3, 0.4) is 0 Å². The summed E-state index contributed by atoms with van der Waals surface area (Å²) >= 11 is 0. The van der Waals surface area contributed by atoms with Crippen LogP contribution in [0.5, 0.6) is 0 Å². The summed E-state index contributed by atoms with van der Waals surface area (Å²) in [4.78, 5) is 12.3. The van der Waals surface area contributed by atoms with E-state index >= 15 is 0 Å². The Balaban J connectivity index is 2.49. The van der Waals surface area contributed by atoms with Crippen LogP contribution in [0.15, 0.2) is 34.8 Å². The van der Waals surface area contributed by atoms with Gasteiger partial charge < -0.3 is 4.42 Å². The third-order valence-corrected chi connectivity index (χ3v) is 4.04. The normalized spacial score (nSPS) is 22.0. The second-order valence-electron chi connectivity index (χ2n) is 5.99. The molecule has 2 heterocycles. The quantitative estimate of drug-likeness (QED) is 0.458. The standard InChI is InChI=1S/C19H22O2/c1-12(2)15-8-6-7-9-16(20)19(13(3)4)18-10-14(5)17(11-15)21-18/h10,15,19H,1,3,6,8,11H2,2,4-5H3/t15-,19-/m0/s1. The van der Waals surface area contributed by atoms with E-state index in [4.69, 9.17) is 4.42 Å². The zero-order valence-electron chi connectivity index (χ0n) is 13.1. The summed E-state index contributed by atoms with van der Waals surface area (Å²) in [6, 6.07) is 1.95. The lowest BCUT2D eigenvalue weighted by Crippen LogP contribution is -2.10. The number of ketones is 1. The number of Topliss-reactive ketones (excluding diaryl/α,β-unsaturated/α-hetero) is 1. The van der Waals surface area contributed by atoms with Gasteiger partial charge in [-0.15, -0.1) is 0 Å². The predicted molar refractivity (Wildman–Crippen MR) is 85.0 cm³/mol. The van der Waals surface area contributed by atoms with E-state index < -0.39 is 5.92 Å². The van der Waals surface area contributed by atoms with E-state index in [1.807, 2.05) is 26.8 Å². The molecule has 2 heteroatoms. The third kappa shape index (κ3) is 3.36. The first-order valence-corrected chi connectivity index (χ1v) is 7.33. The molecule has 0 fully saturated rings. The van der Waals surface area contributed by atoms with Crippen molar-refractivity contribution in [3.05, 3.63) is 47.5 Å². The maximum atomic E-state index is 12.3. The molecule has 0 aromatic carbocycles. The number of carbonyl (C=O) groups excluding carboxylic acids is 1. The lowest BCUT2D eigenvalue weighted by atomic mass is 9.90. The molecular weight excluding hydrogens is 260 g/mol. The Bertz CT molecular complexity index is 649. The van der Waals surface area contributed by atoms with Crippen LogP contribution in [0.25, 0.3) is 0 Å². The van der Waals surface area contributed by atoms with Crippen molar-refractivity contribution in [3.63, 3.8) is 0 Å². The second-order valence-corrected chi connectivity index (χ2v) is 5.99. The van der Waals surface area contributed by atoms with Gasteiger partial charge in [-0.05, 0) is 50.7 Å². The average Bonchev–Trinajstić information content (AvgIpc) is 2.70. The van der Waals surface area contributed by atoms with Gasteiger partial charge in [0.25, 0.3) is 0 Å². The van der Waals surface area contributed by atoms with Gasteiger partial charge in [0.15, 0.2) is 0 Å². The molecule has 2 atom stereocenters. The third-order valence-electron chi connectivity index (χ3n) is 4.04. The van der Waals surface area contributed by atoms with E-state index in [0.29, 0.717) is 18.1 Å². The smallest absolute Gasteiger partial charge is 0.220 e. The highest BCUT2D eigenvalue weighted by Crippen LogP contribution is 2.31. The number of rotatable bonds is 2. The molecule has 2 nitrogen and oxygen atoms in total. The highest BCUT2D eigenvalue weighted by Gasteiger charge is 2.26. The van der Waals surface area contributed by atoms with E-state index in [-0.39, 0.29) is 5.78 Å². The highest BCUT2D eigenvalue weighted by molar-refractivity contribution is 6.02. The molecule has 1 aliphatic rings. The summed E-state index contributed by atoms with van der Waals surface area (Å²) < 4.78 is 5.98. The number of aryl methyl sites for hydroxylation is 1. The lowest BCUT2D eigenvalue weighted by molar-refractivity contribution is -0.114. The highest BCUT2D eigenvalue weighted by atomic mass is 16.3. The van der Waals surface area contributed by atoms with Gasteiger partial charge in [0.1, 0.15) is 17.4 Å². The SMILES string of the molecule is C=C(C)[C@H]1CCC#CC(=O)[C@H](C(=C)C)c2cc(C)c(o2)C1. The molecule has 2 rings (SSSR count). The van der Waals surface area contributed by atoms with Gasteiger partial charge in [-0.2, -0.15) is 0 Å². The van der Waals surface area contributed by atoms with Gasteiger partial charge in [-0.1, -0.05) is 30.2 Å². The molecule has 0 radical (unpaired) electrons. The fourth-order valence-electron chi connectivity index (χ4n) is 2.70. The summed E-state index contributed by atoms with van der Waals surface area (Å²) in [5, 5.41) is 0. The van der Waals surface area contributed by atoms with E-state index in [0.717, 1.165) is 35.3 Å². The minimum Gasteiger partial charge on any atom is -0.465 e. The molecule has 0 spiro atoms. The molecule has 110 valence electrons. The summed E-state index contributed by atoms with van der Waals surface area (Å²) in [6.07, 6.45) is 2.43. The van der Waals surface area contributed by atoms with E-state index in [2.05, 4.69) is 25.0 Å². The van der Waals surface area contributed by atoms with Crippen molar-refractivity contribution in [2.24, 2.45) is 5.92 Å². The molecule has 1 aromatic rings. The molecule has 1 aromatic heterocycles. The lowest BCUT2D eigenvalue weighted by Gasteiger charge is -2.14. The van der Waals surface area contributed by atoms with Crippen molar-refractivity contribution in [1.29, 1.82) is 0 Å².